The van der Waals surface area contributed by atoms with Crippen LogP contribution < -0.4 is 4.74 Å². The molecule has 1 amide bonds. The van der Waals surface area contributed by atoms with E-state index in [1.165, 1.54) is 11.0 Å². The van der Waals surface area contributed by atoms with Crippen LogP contribution in [-0.4, -0.2) is 65.4 Å². The first kappa shape index (κ1) is 22.8. The molecular weight excluding hydrogens is 418 g/mol. The summed E-state index contributed by atoms with van der Waals surface area (Å²) >= 11 is 6.27. The molecule has 7 nitrogen and oxygen atoms in total. The van der Waals surface area contributed by atoms with Crippen molar-refractivity contribution >= 4 is 29.1 Å². The molecule has 1 aliphatic rings. The molecule has 1 aromatic carbocycles. The van der Waals surface area contributed by atoms with E-state index in [2.05, 4.69) is 4.98 Å². The summed E-state index contributed by atoms with van der Waals surface area (Å²) in [7, 11) is 3.90. The zero-order valence-electron chi connectivity index (χ0n) is 17.8. The molecule has 0 aliphatic carbocycles. The molecule has 3 rings (SSSR count). The number of ketones is 1. The number of carbonyl (C=O) groups excluding carboxylic acids is 2. The number of halogens is 1. The Hall–Kier alpha value is -2.90. The minimum atomic E-state index is -0.714. The van der Waals surface area contributed by atoms with Crippen molar-refractivity contribution in [3.63, 3.8) is 0 Å². The van der Waals surface area contributed by atoms with Crippen LogP contribution in [0, 0.1) is 0 Å². The summed E-state index contributed by atoms with van der Waals surface area (Å²) in [6.07, 6.45) is 3.89. The molecule has 1 atom stereocenters. The van der Waals surface area contributed by atoms with Crippen LogP contribution in [0.25, 0.3) is 5.76 Å². The van der Waals surface area contributed by atoms with E-state index < -0.39 is 17.7 Å². The van der Waals surface area contributed by atoms with Crippen LogP contribution in [0.4, 0.5) is 0 Å². The maximum Gasteiger partial charge on any atom is 0.295 e. The molecule has 31 heavy (non-hydrogen) atoms. The van der Waals surface area contributed by atoms with E-state index in [4.69, 9.17) is 16.3 Å². The van der Waals surface area contributed by atoms with Crippen LogP contribution in [0.1, 0.15) is 30.5 Å². The van der Waals surface area contributed by atoms with Crippen molar-refractivity contribution in [1.82, 2.24) is 14.8 Å². The number of carbonyl (C=O) groups is 2. The average Bonchev–Trinajstić information content (AvgIpc) is 3.00. The Kier molecular flexibility index (Phi) is 7.30. The molecular formula is C23H26ClN3O4. The lowest BCUT2D eigenvalue weighted by Gasteiger charge is -2.25. The number of hydrogen-bond acceptors (Lipinski definition) is 6. The smallest absolute Gasteiger partial charge is 0.295 e. The van der Waals surface area contributed by atoms with Gasteiger partial charge in [-0.15, -0.1) is 0 Å². The van der Waals surface area contributed by atoms with Gasteiger partial charge in [0, 0.05) is 24.5 Å². The molecule has 0 bridgehead atoms. The Morgan fingerprint density at radius 3 is 2.55 bits per heavy atom. The van der Waals surface area contributed by atoms with E-state index in [-0.39, 0.29) is 11.3 Å². The van der Waals surface area contributed by atoms with Crippen LogP contribution >= 0.6 is 11.6 Å². The second-order valence-corrected chi connectivity index (χ2v) is 7.92. The van der Waals surface area contributed by atoms with E-state index in [1.807, 2.05) is 25.9 Å². The summed E-state index contributed by atoms with van der Waals surface area (Å²) in [5.74, 6) is -1.12. The molecule has 1 saturated heterocycles. The number of Topliss-reactive ketones (excluding diaryl/α,β-unsaturated/α-hetero) is 1. The van der Waals surface area contributed by atoms with E-state index in [9.17, 15) is 14.7 Å². The third kappa shape index (κ3) is 4.89. The molecule has 2 heterocycles. The van der Waals surface area contributed by atoms with Crippen molar-refractivity contribution < 1.29 is 19.4 Å². The van der Waals surface area contributed by atoms with Crippen LogP contribution in [-0.2, 0) is 9.59 Å². The number of rotatable bonds is 8. The Balaban J connectivity index is 2.06. The van der Waals surface area contributed by atoms with Crippen molar-refractivity contribution in [3.8, 4) is 5.75 Å². The fourth-order valence-electron chi connectivity index (χ4n) is 3.64. The molecule has 1 N–H and O–H groups in total. The molecule has 0 saturated carbocycles. The highest BCUT2D eigenvalue weighted by Crippen LogP contribution is 2.40. The maximum atomic E-state index is 13.0. The van der Waals surface area contributed by atoms with Gasteiger partial charge in [0.15, 0.2) is 0 Å². The van der Waals surface area contributed by atoms with Crippen molar-refractivity contribution in [3.05, 3.63) is 64.4 Å². The third-order valence-corrected chi connectivity index (χ3v) is 5.37. The van der Waals surface area contributed by atoms with Gasteiger partial charge in [-0.05, 0) is 69.9 Å². The number of nitrogens with zero attached hydrogens (tertiary/aromatic N) is 3. The molecule has 164 valence electrons. The number of pyridine rings is 1. The van der Waals surface area contributed by atoms with E-state index >= 15 is 0 Å². The zero-order valence-corrected chi connectivity index (χ0v) is 18.6. The van der Waals surface area contributed by atoms with Gasteiger partial charge in [0.1, 0.15) is 11.5 Å². The predicted octanol–water partition coefficient (Wildman–Crippen LogP) is 3.51. The second kappa shape index (κ2) is 9.94. The van der Waals surface area contributed by atoms with Gasteiger partial charge in [0.25, 0.3) is 11.7 Å². The summed E-state index contributed by atoms with van der Waals surface area (Å²) in [6.45, 7) is 3.44. The number of benzene rings is 1. The standard InChI is InChI=1S/C23H26ClN3O4/c1-4-31-18-7-6-16(14-17(18)24)21(28)19-20(15-8-10-25-11-9-15)27(23(30)22(19)29)13-5-12-26(2)3/h6-11,14,20,28H,4-5,12-13H2,1-3H3. The number of aliphatic hydroxyl groups is 1. The Labute approximate surface area is 186 Å². The fraction of sp³-hybridized carbons (Fsp3) is 0.348. The zero-order chi connectivity index (χ0) is 22.5. The Morgan fingerprint density at radius 2 is 1.94 bits per heavy atom. The molecule has 1 fully saturated rings. The van der Waals surface area contributed by atoms with Gasteiger partial charge >= 0.3 is 0 Å². The lowest BCUT2D eigenvalue weighted by molar-refractivity contribution is -0.139. The number of amides is 1. The van der Waals surface area contributed by atoms with Gasteiger partial charge in [-0.25, -0.2) is 0 Å². The summed E-state index contributed by atoms with van der Waals surface area (Å²) < 4.78 is 5.44. The number of hydrogen-bond donors (Lipinski definition) is 1. The van der Waals surface area contributed by atoms with Gasteiger partial charge < -0.3 is 19.6 Å². The first-order valence-corrected chi connectivity index (χ1v) is 10.5. The monoisotopic (exact) mass is 443 g/mol. The van der Waals surface area contributed by atoms with Gasteiger partial charge in [-0.1, -0.05) is 11.6 Å². The summed E-state index contributed by atoms with van der Waals surface area (Å²) in [6, 6.07) is 7.58. The van der Waals surface area contributed by atoms with Crippen LogP contribution in [0.3, 0.4) is 0 Å². The predicted molar refractivity (Wildman–Crippen MR) is 119 cm³/mol. The minimum Gasteiger partial charge on any atom is -0.507 e. The summed E-state index contributed by atoms with van der Waals surface area (Å²) in [4.78, 5) is 33.4. The van der Waals surface area contributed by atoms with Crippen LogP contribution in [0.15, 0.2) is 48.3 Å². The second-order valence-electron chi connectivity index (χ2n) is 7.51. The first-order valence-electron chi connectivity index (χ1n) is 10.1. The molecule has 1 aliphatic heterocycles. The highest BCUT2D eigenvalue weighted by atomic mass is 35.5. The highest BCUT2D eigenvalue weighted by molar-refractivity contribution is 6.46. The van der Waals surface area contributed by atoms with Crippen molar-refractivity contribution in [2.75, 3.05) is 33.8 Å². The van der Waals surface area contributed by atoms with E-state index in [0.29, 0.717) is 41.5 Å². The number of aliphatic hydroxyl groups excluding tert-OH is 1. The highest BCUT2D eigenvalue weighted by Gasteiger charge is 2.45. The third-order valence-electron chi connectivity index (χ3n) is 5.07. The topological polar surface area (TPSA) is 83.0 Å². The molecule has 0 radical (unpaired) electrons. The van der Waals surface area contributed by atoms with Crippen molar-refractivity contribution in [2.24, 2.45) is 0 Å². The lowest BCUT2D eigenvalue weighted by atomic mass is 9.96. The summed E-state index contributed by atoms with van der Waals surface area (Å²) in [5, 5.41) is 11.4. The first-order chi connectivity index (χ1) is 14.8. The molecule has 8 heteroatoms. The number of likely N-dealkylation sites (tertiary alicyclic amines) is 1. The van der Waals surface area contributed by atoms with Gasteiger partial charge in [-0.2, -0.15) is 0 Å². The summed E-state index contributed by atoms with van der Waals surface area (Å²) in [5.41, 5.74) is 1.10. The van der Waals surface area contributed by atoms with Gasteiger partial charge in [0.2, 0.25) is 0 Å². The van der Waals surface area contributed by atoms with Gasteiger partial charge in [0.05, 0.1) is 23.2 Å². The lowest BCUT2D eigenvalue weighted by Crippen LogP contribution is -2.32. The van der Waals surface area contributed by atoms with E-state index in [1.54, 1.807) is 36.7 Å². The number of aromatic nitrogens is 1. The largest absolute Gasteiger partial charge is 0.507 e. The van der Waals surface area contributed by atoms with Gasteiger partial charge in [-0.3, -0.25) is 14.6 Å². The maximum absolute atomic E-state index is 13.0. The van der Waals surface area contributed by atoms with E-state index in [0.717, 1.165) is 6.54 Å². The quantitative estimate of drug-likeness (QED) is 0.382. The van der Waals surface area contributed by atoms with Crippen LogP contribution in [0.2, 0.25) is 5.02 Å². The number of ether oxygens (including phenoxy) is 1. The minimum absolute atomic E-state index is 0.0429. The van der Waals surface area contributed by atoms with Crippen LogP contribution in [0.5, 0.6) is 5.75 Å². The van der Waals surface area contributed by atoms with Crippen molar-refractivity contribution in [1.29, 1.82) is 0 Å². The SMILES string of the molecule is CCOc1ccc(C(O)=C2C(=O)C(=O)N(CCCN(C)C)C2c2ccncc2)cc1Cl. The Morgan fingerprint density at radius 1 is 1.23 bits per heavy atom. The Bertz CT molecular complexity index is 992. The average molecular weight is 444 g/mol. The molecule has 1 unspecified atom stereocenters. The van der Waals surface area contributed by atoms with Crippen molar-refractivity contribution in [2.45, 2.75) is 19.4 Å². The molecule has 0 spiro atoms. The fourth-order valence-corrected chi connectivity index (χ4v) is 3.87. The normalized spacial score (nSPS) is 18.1. The molecule has 1 aromatic heterocycles. The molecule has 2 aromatic rings.